The van der Waals surface area contributed by atoms with Crippen LogP contribution in [0.15, 0.2) is 42.5 Å². The summed E-state index contributed by atoms with van der Waals surface area (Å²) in [6.07, 6.45) is 5.05. The fourth-order valence-electron chi connectivity index (χ4n) is 1.88. The van der Waals surface area contributed by atoms with Gasteiger partial charge in [-0.25, -0.2) is 9.18 Å². The van der Waals surface area contributed by atoms with E-state index in [-0.39, 0.29) is 24.6 Å². The SMILES string of the molecule is C#CCOC(=O)c1ccc(OC)c(OCc2ccccc2F)c1. The number of hydrogen-bond acceptors (Lipinski definition) is 4. The number of carbonyl (C=O) groups is 1. The van der Waals surface area contributed by atoms with E-state index < -0.39 is 5.97 Å². The molecule has 0 aromatic heterocycles. The molecule has 0 saturated carbocycles. The zero-order valence-electron chi connectivity index (χ0n) is 12.5. The molecule has 0 saturated heterocycles. The molecule has 4 nitrogen and oxygen atoms in total. The number of halogens is 1. The maximum Gasteiger partial charge on any atom is 0.339 e. The van der Waals surface area contributed by atoms with E-state index in [2.05, 4.69) is 5.92 Å². The maximum atomic E-state index is 13.6. The molecule has 0 aliphatic rings. The van der Waals surface area contributed by atoms with Crippen LogP contribution in [0.2, 0.25) is 0 Å². The lowest BCUT2D eigenvalue weighted by Gasteiger charge is -2.12. The van der Waals surface area contributed by atoms with Gasteiger partial charge in [0.25, 0.3) is 0 Å². The van der Waals surface area contributed by atoms with Crippen molar-refractivity contribution in [3.05, 3.63) is 59.4 Å². The van der Waals surface area contributed by atoms with Crippen LogP contribution in [0.3, 0.4) is 0 Å². The molecule has 0 spiro atoms. The lowest BCUT2D eigenvalue weighted by Crippen LogP contribution is -2.06. The number of esters is 1. The molecule has 2 aromatic carbocycles. The van der Waals surface area contributed by atoms with Gasteiger partial charge >= 0.3 is 5.97 Å². The van der Waals surface area contributed by atoms with Gasteiger partial charge in [-0.3, -0.25) is 0 Å². The van der Waals surface area contributed by atoms with Crippen LogP contribution in [0.25, 0.3) is 0 Å². The van der Waals surface area contributed by atoms with Crippen LogP contribution in [0.5, 0.6) is 11.5 Å². The van der Waals surface area contributed by atoms with Gasteiger partial charge < -0.3 is 14.2 Å². The molecule has 2 aromatic rings. The van der Waals surface area contributed by atoms with Gasteiger partial charge in [-0.05, 0) is 24.3 Å². The Labute approximate surface area is 133 Å². The quantitative estimate of drug-likeness (QED) is 0.607. The molecule has 0 aliphatic heterocycles. The number of hydrogen-bond donors (Lipinski definition) is 0. The van der Waals surface area contributed by atoms with Crippen LogP contribution >= 0.6 is 0 Å². The van der Waals surface area contributed by atoms with Crippen LogP contribution in [-0.4, -0.2) is 19.7 Å². The summed E-state index contributed by atoms with van der Waals surface area (Å²) >= 11 is 0. The third kappa shape index (κ3) is 4.24. The summed E-state index contributed by atoms with van der Waals surface area (Å²) in [6.45, 7) is -0.109. The molecule has 0 amide bonds. The first-order chi connectivity index (χ1) is 11.2. The summed E-state index contributed by atoms with van der Waals surface area (Å²) in [4.78, 5) is 11.8. The van der Waals surface area contributed by atoms with Gasteiger partial charge in [0.1, 0.15) is 12.4 Å². The molecule has 0 radical (unpaired) electrons. The molecule has 0 aliphatic carbocycles. The largest absolute Gasteiger partial charge is 0.493 e. The Morgan fingerprint density at radius 2 is 2.00 bits per heavy atom. The number of carbonyl (C=O) groups excluding carboxylic acids is 1. The van der Waals surface area contributed by atoms with E-state index in [1.165, 1.54) is 25.3 Å². The maximum absolute atomic E-state index is 13.6. The van der Waals surface area contributed by atoms with E-state index in [4.69, 9.17) is 20.6 Å². The van der Waals surface area contributed by atoms with Crippen molar-refractivity contribution < 1.29 is 23.4 Å². The second kappa shape index (κ2) is 7.85. The standard InChI is InChI=1S/C18H15FO4/c1-3-10-22-18(20)13-8-9-16(21-2)17(11-13)23-12-14-6-4-5-7-15(14)19/h1,4-9,11H,10,12H2,2H3. The highest BCUT2D eigenvalue weighted by Gasteiger charge is 2.13. The first kappa shape index (κ1) is 16.4. The first-order valence-corrected chi connectivity index (χ1v) is 6.80. The number of benzene rings is 2. The van der Waals surface area contributed by atoms with E-state index in [1.54, 1.807) is 24.3 Å². The predicted molar refractivity (Wildman–Crippen MR) is 82.8 cm³/mol. The van der Waals surface area contributed by atoms with Crippen molar-refractivity contribution in [3.63, 3.8) is 0 Å². The Hall–Kier alpha value is -3.00. The van der Waals surface area contributed by atoms with Crippen molar-refractivity contribution in [2.45, 2.75) is 6.61 Å². The Morgan fingerprint density at radius 1 is 1.22 bits per heavy atom. The van der Waals surface area contributed by atoms with Gasteiger partial charge in [0.15, 0.2) is 18.1 Å². The van der Waals surface area contributed by atoms with Gasteiger partial charge in [-0.1, -0.05) is 24.1 Å². The van der Waals surface area contributed by atoms with Gasteiger partial charge in [-0.2, -0.15) is 0 Å². The summed E-state index contributed by atoms with van der Waals surface area (Å²) in [5.74, 6) is 2.02. The lowest BCUT2D eigenvalue weighted by atomic mass is 10.2. The van der Waals surface area contributed by atoms with Gasteiger partial charge in [-0.15, -0.1) is 6.42 Å². The van der Waals surface area contributed by atoms with Crippen LogP contribution in [0.4, 0.5) is 4.39 Å². The third-order valence-electron chi connectivity index (χ3n) is 3.03. The Morgan fingerprint density at radius 3 is 2.70 bits per heavy atom. The highest BCUT2D eigenvalue weighted by molar-refractivity contribution is 5.90. The first-order valence-electron chi connectivity index (χ1n) is 6.80. The lowest BCUT2D eigenvalue weighted by molar-refractivity contribution is 0.0556. The van der Waals surface area contributed by atoms with Crippen molar-refractivity contribution in [3.8, 4) is 23.8 Å². The molecule has 118 valence electrons. The molecule has 0 heterocycles. The number of methoxy groups -OCH3 is 1. The molecule has 23 heavy (non-hydrogen) atoms. The Kier molecular flexibility index (Phi) is 5.59. The average molecular weight is 314 g/mol. The fraction of sp³-hybridized carbons (Fsp3) is 0.167. The van der Waals surface area contributed by atoms with Crippen LogP contribution in [-0.2, 0) is 11.3 Å². The second-order valence-electron chi connectivity index (χ2n) is 4.53. The summed E-state index contributed by atoms with van der Waals surface area (Å²) in [7, 11) is 1.47. The summed E-state index contributed by atoms with van der Waals surface area (Å²) in [5.41, 5.74) is 0.666. The molecule has 0 bridgehead atoms. The van der Waals surface area contributed by atoms with Crippen LogP contribution in [0, 0.1) is 18.2 Å². The highest BCUT2D eigenvalue weighted by atomic mass is 19.1. The van der Waals surface area contributed by atoms with Crippen LogP contribution in [0.1, 0.15) is 15.9 Å². The minimum Gasteiger partial charge on any atom is -0.493 e. The van der Waals surface area contributed by atoms with Gasteiger partial charge in [0.2, 0.25) is 0 Å². The molecular formula is C18H15FO4. The van der Waals surface area contributed by atoms with Crippen molar-refractivity contribution in [1.82, 2.24) is 0 Å². The number of rotatable bonds is 6. The monoisotopic (exact) mass is 314 g/mol. The summed E-state index contributed by atoms with van der Waals surface area (Å²) in [6, 6.07) is 10.9. The second-order valence-corrected chi connectivity index (χ2v) is 4.53. The third-order valence-corrected chi connectivity index (χ3v) is 3.03. The minimum absolute atomic E-state index is 0.00584. The molecule has 2 rings (SSSR count). The Bertz CT molecular complexity index is 734. The highest BCUT2D eigenvalue weighted by Crippen LogP contribution is 2.29. The summed E-state index contributed by atoms with van der Waals surface area (Å²) < 4.78 is 29.2. The van der Waals surface area contributed by atoms with Gasteiger partial charge in [0.05, 0.1) is 12.7 Å². The minimum atomic E-state index is -0.568. The molecule has 0 N–H and O–H groups in total. The molecular weight excluding hydrogens is 299 g/mol. The van der Waals surface area contributed by atoms with Crippen molar-refractivity contribution in [1.29, 1.82) is 0 Å². The van der Waals surface area contributed by atoms with Gasteiger partial charge in [0, 0.05) is 5.56 Å². The summed E-state index contributed by atoms with van der Waals surface area (Å²) in [5, 5.41) is 0. The molecule has 0 atom stereocenters. The molecule has 0 unspecified atom stereocenters. The molecule has 0 fully saturated rings. The Balaban J connectivity index is 2.17. The van der Waals surface area contributed by atoms with E-state index in [0.717, 1.165) is 0 Å². The topological polar surface area (TPSA) is 44.8 Å². The zero-order chi connectivity index (χ0) is 16.7. The fourth-order valence-corrected chi connectivity index (χ4v) is 1.88. The van der Waals surface area contributed by atoms with Crippen molar-refractivity contribution in [2.75, 3.05) is 13.7 Å². The smallest absolute Gasteiger partial charge is 0.339 e. The van der Waals surface area contributed by atoms with Crippen molar-refractivity contribution in [2.24, 2.45) is 0 Å². The molecule has 5 heteroatoms. The average Bonchev–Trinajstić information content (AvgIpc) is 2.58. The van der Waals surface area contributed by atoms with Crippen LogP contribution < -0.4 is 9.47 Å². The predicted octanol–water partition coefficient (Wildman–Crippen LogP) is 3.20. The van der Waals surface area contributed by atoms with Crippen molar-refractivity contribution >= 4 is 5.97 Å². The van der Waals surface area contributed by atoms with E-state index in [9.17, 15) is 9.18 Å². The van der Waals surface area contributed by atoms with E-state index in [1.807, 2.05) is 0 Å². The van der Waals surface area contributed by atoms with E-state index >= 15 is 0 Å². The normalized spacial score (nSPS) is 9.78. The zero-order valence-corrected chi connectivity index (χ0v) is 12.5. The van der Waals surface area contributed by atoms with E-state index in [0.29, 0.717) is 17.1 Å². The number of terminal acetylenes is 1. The number of ether oxygens (including phenoxy) is 3.